The first-order valence-corrected chi connectivity index (χ1v) is 13.7. The molecular weight excluding hydrogens is 544 g/mol. The Balaban J connectivity index is 1.46. The van der Waals surface area contributed by atoms with E-state index >= 15 is 0 Å². The van der Waals surface area contributed by atoms with Crippen LogP contribution in [0.2, 0.25) is 0 Å². The molecule has 0 aromatic heterocycles. The highest BCUT2D eigenvalue weighted by Crippen LogP contribution is 2.32. The van der Waals surface area contributed by atoms with Crippen LogP contribution in [0, 0.1) is 0 Å². The molecule has 1 aliphatic heterocycles. The van der Waals surface area contributed by atoms with Crippen LogP contribution in [0.4, 0.5) is 0 Å². The Morgan fingerprint density at radius 1 is 1.07 bits per heavy atom. The lowest BCUT2D eigenvalue weighted by atomic mass is 9.90. The number of benzene rings is 2. The van der Waals surface area contributed by atoms with Crippen molar-refractivity contribution in [2.45, 2.75) is 37.2 Å². The second kappa shape index (κ2) is 15.3. The SMILES string of the molecule is CN(C(=O)C1=CC2OCOC2C(OC(=O)c2ccc(C=COCCO)cc2)C1)C(Cc1ccccc1)C(=O)NCCO. The predicted octanol–water partition coefficient (Wildman–Crippen LogP) is 1.44. The molecule has 4 atom stereocenters. The highest BCUT2D eigenvalue weighted by Gasteiger charge is 2.43. The number of carbonyl (C=O) groups excluding carboxylic acids is 3. The molecule has 3 N–H and O–H groups in total. The van der Waals surface area contributed by atoms with E-state index in [0.717, 1.165) is 11.1 Å². The molecule has 1 aliphatic carbocycles. The van der Waals surface area contributed by atoms with E-state index in [0.29, 0.717) is 11.1 Å². The average Bonchev–Trinajstić information content (AvgIpc) is 3.50. The summed E-state index contributed by atoms with van der Waals surface area (Å²) in [5.41, 5.74) is 2.33. The second-order valence-corrected chi connectivity index (χ2v) is 9.88. The summed E-state index contributed by atoms with van der Waals surface area (Å²) in [4.78, 5) is 41.2. The monoisotopic (exact) mass is 580 g/mol. The molecule has 0 radical (unpaired) electrons. The molecule has 4 rings (SSSR count). The van der Waals surface area contributed by atoms with E-state index in [2.05, 4.69) is 5.32 Å². The number of hydrogen-bond donors (Lipinski definition) is 3. The Morgan fingerprint density at radius 3 is 2.55 bits per heavy atom. The van der Waals surface area contributed by atoms with Crippen LogP contribution in [0.1, 0.15) is 27.9 Å². The number of fused-ring (bicyclic) bond motifs is 1. The summed E-state index contributed by atoms with van der Waals surface area (Å²) in [5, 5.41) is 20.6. The lowest BCUT2D eigenvalue weighted by molar-refractivity contribution is -0.137. The van der Waals surface area contributed by atoms with E-state index < -0.39 is 36.2 Å². The minimum Gasteiger partial charge on any atom is -0.499 e. The van der Waals surface area contributed by atoms with Crippen molar-refractivity contribution in [3.63, 3.8) is 0 Å². The van der Waals surface area contributed by atoms with Crippen LogP contribution in [-0.2, 0) is 35.0 Å². The van der Waals surface area contributed by atoms with Gasteiger partial charge in [0.2, 0.25) is 11.8 Å². The van der Waals surface area contributed by atoms with E-state index in [1.807, 2.05) is 30.3 Å². The summed E-state index contributed by atoms with van der Waals surface area (Å²) in [6.07, 6.45) is 3.24. The van der Waals surface area contributed by atoms with Gasteiger partial charge in [-0.3, -0.25) is 9.59 Å². The quantitative estimate of drug-likeness (QED) is 0.182. The summed E-state index contributed by atoms with van der Waals surface area (Å²) < 4.78 is 22.3. The Morgan fingerprint density at radius 2 is 1.83 bits per heavy atom. The first-order chi connectivity index (χ1) is 20.4. The fraction of sp³-hybridized carbons (Fsp3) is 0.387. The molecule has 224 valence electrons. The number of aliphatic hydroxyl groups is 2. The van der Waals surface area contributed by atoms with Gasteiger partial charge in [0.25, 0.3) is 0 Å². The van der Waals surface area contributed by atoms with E-state index in [-0.39, 0.29) is 51.9 Å². The molecule has 1 fully saturated rings. The van der Waals surface area contributed by atoms with Crippen molar-refractivity contribution in [3.05, 3.63) is 89.2 Å². The largest absolute Gasteiger partial charge is 0.499 e. The highest BCUT2D eigenvalue weighted by atomic mass is 16.7. The lowest BCUT2D eigenvalue weighted by Crippen LogP contribution is -2.51. The molecule has 2 amide bonds. The zero-order chi connectivity index (χ0) is 29.9. The fourth-order valence-electron chi connectivity index (χ4n) is 4.81. The number of esters is 1. The fourth-order valence-corrected chi connectivity index (χ4v) is 4.81. The van der Waals surface area contributed by atoms with E-state index in [4.69, 9.17) is 24.1 Å². The number of likely N-dealkylation sites (N-methyl/N-ethyl adjacent to an activating group) is 1. The number of carbonyl (C=O) groups is 3. The standard InChI is InChI=1S/C31H36N2O9/c1-33(25(29(36)32-12-13-34)17-22-5-3-2-4-6-22)30(37)24-18-26-28(41-20-40-26)27(19-24)42-31(38)23-9-7-21(8-10-23)11-15-39-16-14-35/h2-11,15,18,25-28,34-35H,12-14,16-17,19-20H2,1H3,(H,32,36). The van der Waals surface area contributed by atoms with Crippen molar-refractivity contribution in [1.29, 1.82) is 0 Å². The topological polar surface area (TPSA) is 144 Å². The van der Waals surface area contributed by atoms with Gasteiger partial charge in [0.1, 0.15) is 37.8 Å². The van der Waals surface area contributed by atoms with Gasteiger partial charge in [-0.1, -0.05) is 42.5 Å². The predicted molar refractivity (Wildman–Crippen MR) is 152 cm³/mol. The van der Waals surface area contributed by atoms with Crippen LogP contribution in [0.3, 0.4) is 0 Å². The second-order valence-electron chi connectivity index (χ2n) is 9.88. The number of rotatable bonds is 13. The lowest BCUT2D eigenvalue weighted by Gasteiger charge is -2.33. The van der Waals surface area contributed by atoms with Crippen LogP contribution in [0.25, 0.3) is 6.08 Å². The number of nitrogens with zero attached hydrogens (tertiary/aromatic N) is 1. The maximum absolute atomic E-state index is 13.7. The summed E-state index contributed by atoms with van der Waals surface area (Å²) in [5.74, 6) is -1.36. The van der Waals surface area contributed by atoms with Gasteiger partial charge in [-0.15, -0.1) is 0 Å². The maximum Gasteiger partial charge on any atom is 0.338 e. The van der Waals surface area contributed by atoms with Crippen molar-refractivity contribution < 1.29 is 43.5 Å². The summed E-state index contributed by atoms with van der Waals surface area (Å²) >= 11 is 0. The number of aliphatic hydroxyl groups excluding tert-OH is 2. The van der Waals surface area contributed by atoms with E-state index in [9.17, 15) is 19.5 Å². The minimum atomic E-state index is -0.839. The summed E-state index contributed by atoms with van der Waals surface area (Å²) in [6.45, 7) is -0.0542. The number of ether oxygens (including phenoxy) is 4. The van der Waals surface area contributed by atoms with Gasteiger partial charge in [0.15, 0.2) is 0 Å². The van der Waals surface area contributed by atoms with Gasteiger partial charge in [0, 0.05) is 32.0 Å². The summed E-state index contributed by atoms with van der Waals surface area (Å²) in [7, 11) is 1.55. The Bertz CT molecular complexity index is 1260. The smallest absolute Gasteiger partial charge is 0.338 e. The number of hydrogen-bond acceptors (Lipinski definition) is 9. The molecule has 2 aliphatic rings. The van der Waals surface area contributed by atoms with Crippen molar-refractivity contribution in [3.8, 4) is 0 Å². The van der Waals surface area contributed by atoms with Gasteiger partial charge in [-0.25, -0.2) is 4.79 Å². The van der Waals surface area contributed by atoms with Gasteiger partial charge < -0.3 is 39.4 Å². The normalized spacial score (nSPS) is 20.4. The molecule has 2 aromatic carbocycles. The van der Waals surface area contributed by atoms with Gasteiger partial charge in [0.05, 0.1) is 25.0 Å². The molecule has 0 spiro atoms. The molecule has 4 unspecified atom stereocenters. The highest BCUT2D eigenvalue weighted by molar-refractivity contribution is 5.97. The Labute approximate surface area is 244 Å². The van der Waals surface area contributed by atoms with Gasteiger partial charge in [-0.2, -0.15) is 0 Å². The van der Waals surface area contributed by atoms with Gasteiger partial charge in [-0.05, 0) is 35.4 Å². The van der Waals surface area contributed by atoms with Crippen molar-refractivity contribution >= 4 is 23.9 Å². The summed E-state index contributed by atoms with van der Waals surface area (Å²) in [6, 6.07) is 15.2. The van der Waals surface area contributed by atoms with Crippen LogP contribution in [0.5, 0.6) is 0 Å². The molecule has 1 saturated heterocycles. The minimum absolute atomic E-state index is 0.00320. The van der Waals surface area contributed by atoms with Gasteiger partial charge >= 0.3 is 5.97 Å². The molecule has 0 saturated carbocycles. The molecule has 2 aromatic rings. The third-order valence-corrected chi connectivity index (χ3v) is 7.02. The zero-order valence-electron chi connectivity index (χ0n) is 23.4. The van der Waals surface area contributed by atoms with Crippen molar-refractivity contribution in [2.24, 2.45) is 0 Å². The molecular formula is C31H36N2O9. The third-order valence-electron chi connectivity index (χ3n) is 7.02. The Kier molecular flexibility index (Phi) is 11.2. The van der Waals surface area contributed by atoms with Crippen LogP contribution < -0.4 is 5.32 Å². The van der Waals surface area contributed by atoms with E-state index in [1.54, 1.807) is 43.5 Å². The molecule has 1 heterocycles. The van der Waals surface area contributed by atoms with E-state index in [1.165, 1.54) is 11.2 Å². The number of nitrogens with one attached hydrogen (secondary N) is 1. The first-order valence-electron chi connectivity index (χ1n) is 13.7. The maximum atomic E-state index is 13.7. The molecule has 42 heavy (non-hydrogen) atoms. The van der Waals surface area contributed by atoms with Crippen LogP contribution >= 0.6 is 0 Å². The molecule has 0 bridgehead atoms. The van der Waals surface area contributed by atoms with Crippen molar-refractivity contribution in [1.82, 2.24) is 10.2 Å². The number of amides is 2. The van der Waals surface area contributed by atoms with Crippen LogP contribution in [-0.4, -0.2) is 97.5 Å². The molecule has 11 heteroatoms. The molecule has 11 nitrogen and oxygen atoms in total. The van der Waals surface area contributed by atoms with Crippen LogP contribution in [0.15, 0.2) is 72.5 Å². The third kappa shape index (κ3) is 8.04. The van der Waals surface area contributed by atoms with Crippen molar-refractivity contribution in [2.75, 3.05) is 40.2 Å². The average molecular weight is 581 g/mol. The zero-order valence-corrected chi connectivity index (χ0v) is 23.4. The first kappa shape index (κ1) is 30.9. The Hall–Kier alpha value is -4.03.